The van der Waals surface area contributed by atoms with Crippen molar-refractivity contribution >= 4 is 71.4 Å². The van der Waals surface area contributed by atoms with Crippen LogP contribution in [0.5, 0.6) is 0 Å². The molecule has 8 aromatic carbocycles. The van der Waals surface area contributed by atoms with Gasteiger partial charge in [0.2, 0.25) is 0 Å². The molecule has 3 aromatic heterocycles. The van der Waals surface area contributed by atoms with Crippen molar-refractivity contribution in [3.8, 4) is 44.8 Å². The zero-order valence-electron chi connectivity index (χ0n) is 29.9. The number of aryl methyl sites for hydroxylation is 1. The summed E-state index contributed by atoms with van der Waals surface area (Å²) in [4.78, 5) is 0. The molecule has 3 nitrogen and oxygen atoms in total. The molecule has 0 unspecified atom stereocenters. The average Bonchev–Trinajstić information content (AvgIpc) is 3.98. The third-order valence-electron chi connectivity index (χ3n) is 12.3. The molecule has 0 N–H and O–H groups in total. The van der Waals surface area contributed by atoms with Crippen LogP contribution in [-0.4, -0.2) is 9.13 Å². The summed E-state index contributed by atoms with van der Waals surface area (Å²) in [7, 11) is 0. The molecule has 0 atom stereocenters. The van der Waals surface area contributed by atoms with Crippen molar-refractivity contribution in [3.63, 3.8) is 0 Å². The third kappa shape index (κ3) is 3.84. The number of fused-ring (bicyclic) bond motifs is 14. The molecule has 13 rings (SSSR count). The zero-order valence-corrected chi connectivity index (χ0v) is 29.9. The second kappa shape index (κ2) is 10.7. The molecule has 2 aliphatic rings. The highest BCUT2D eigenvalue weighted by molar-refractivity contribution is 6.32. The number of furan rings is 1. The predicted molar refractivity (Wildman–Crippen MR) is 230 cm³/mol. The molecule has 0 amide bonds. The summed E-state index contributed by atoms with van der Waals surface area (Å²) in [5.41, 5.74) is 17.0. The van der Waals surface area contributed by atoms with E-state index in [0.717, 1.165) is 29.9 Å². The molecule has 11 aromatic rings. The molecule has 0 saturated heterocycles. The molecule has 0 aliphatic heterocycles. The summed E-state index contributed by atoms with van der Waals surface area (Å²) in [6.07, 6.45) is 6.51. The first-order valence-corrected chi connectivity index (χ1v) is 19.2. The Labute approximate surface area is 316 Å². The number of aromatic nitrogens is 2. The van der Waals surface area contributed by atoms with Gasteiger partial charge in [0.1, 0.15) is 11.3 Å². The van der Waals surface area contributed by atoms with Crippen molar-refractivity contribution in [2.75, 3.05) is 0 Å². The first-order valence-electron chi connectivity index (χ1n) is 19.2. The third-order valence-corrected chi connectivity index (χ3v) is 12.3. The van der Waals surface area contributed by atoms with Gasteiger partial charge in [0.15, 0.2) is 0 Å². The molecule has 0 saturated carbocycles. The van der Waals surface area contributed by atoms with E-state index in [9.17, 15) is 0 Å². The normalized spacial score (nSPS) is 13.2. The number of rotatable bonds is 3. The van der Waals surface area contributed by atoms with Crippen molar-refractivity contribution in [3.05, 3.63) is 175 Å². The highest BCUT2D eigenvalue weighted by Gasteiger charge is 2.28. The summed E-state index contributed by atoms with van der Waals surface area (Å²) in [5, 5.41) is 8.81. The van der Waals surface area contributed by atoms with Crippen molar-refractivity contribution in [1.82, 2.24) is 9.13 Å². The van der Waals surface area contributed by atoms with Gasteiger partial charge < -0.3 is 13.6 Å². The van der Waals surface area contributed by atoms with E-state index in [1.807, 2.05) is 0 Å². The Hall–Kier alpha value is -7.10. The van der Waals surface area contributed by atoms with E-state index in [1.165, 1.54) is 104 Å². The number of allylic oxidation sites excluding steroid dienone is 1. The van der Waals surface area contributed by atoms with Gasteiger partial charge in [-0.1, -0.05) is 121 Å². The molecular weight excluding hydrogens is 669 g/mol. The second-order valence-electron chi connectivity index (χ2n) is 15.1. The van der Waals surface area contributed by atoms with Crippen LogP contribution in [0.2, 0.25) is 0 Å². The van der Waals surface area contributed by atoms with Crippen LogP contribution in [0.4, 0.5) is 0 Å². The van der Waals surface area contributed by atoms with Gasteiger partial charge in [0, 0.05) is 44.6 Å². The fraction of sp³-hybridized carbons (Fsp3) is 0.0385. The Morgan fingerprint density at radius 1 is 0.455 bits per heavy atom. The summed E-state index contributed by atoms with van der Waals surface area (Å²) >= 11 is 0. The van der Waals surface area contributed by atoms with E-state index >= 15 is 0 Å². The number of nitrogens with zero attached hydrogens (tertiary/aromatic N) is 2. The van der Waals surface area contributed by atoms with E-state index in [2.05, 4.69) is 179 Å². The van der Waals surface area contributed by atoms with Gasteiger partial charge in [-0.2, -0.15) is 0 Å². The first-order chi connectivity index (χ1) is 27.3. The maximum atomic E-state index is 6.66. The summed E-state index contributed by atoms with van der Waals surface area (Å²) in [6.45, 7) is 0. The van der Waals surface area contributed by atoms with Crippen LogP contribution < -0.4 is 0 Å². The van der Waals surface area contributed by atoms with Crippen LogP contribution in [0, 0.1) is 0 Å². The lowest BCUT2D eigenvalue weighted by atomic mass is 9.99. The average molecular weight is 701 g/mol. The standard InChI is InChI=1S/C52H32N2O/c1-2-12-31(13-3-1)32-14-10-15-33(30-32)53-42-22-8-6-18-39(42)49-44(53)27-28-45-50(49)41-25-29-47-51(40-19-7-9-23-46(40)55-47)52(41)54(45)43-26-24-37-35-17-5-4-16-34(35)36-20-11-21-38(43)48(36)37/h1-8,10-22,24-30H,9,23H2. The molecule has 3 heterocycles. The minimum atomic E-state index is 0.918. The van der Waals surface area contributed by atoms with E-state index in [4.69, 9.17) is 4.42 Å². The zero-order chi connectivity index (χ0) is 35.8. The molecule has 256 valence electrons. The first kappa shape index (κ1) is 29.4. The Balaban J connectivity index is 1.19. The summed E-state index contributed by atoms with van der Waals surface area (Å²) in [6, 6.07) is 58.1. The van der Waals surface area contributed by atoms with E-state index in [0.29, 0.717) is 0 Å². The molecule has 0 radical (unpaired) electrons. The number of para-hydroxylation sites is 1. The monoisotopic (exact) mass is 700 g/mol. The molecule has 2 aliphatic carbocycles. The van der Waals surface area contributed by atoms with Gasteiger partial charge in [-0.05, 0) is 93.7 Å². The second-order valence-corrected chi connectivity index (χ2v) is 15.1. The van der Waals surface area contributed by atoms with Gasteiger partial charge in [0.25, 0.3) is 0 Å². The Bertz CT molecular complexity index is 3450. The highest BCUT2D eigenvalue weighted by Crippen LogP contribution is 2.51. The lowest BCUT2D eigenvalue weighted by Crippen LogP contribution is -1.97. The fourth-order valence-corrected chi connectivity index (χ4v) is 10.1. The van der Waals surface area contributed by atoms with Crippen LogP contribution in [0.25, 0.3) is 116 Å². The quantitative estimate of drug-likeness (QED) is 0.180. The van der Waals surface area contributed by atoms with Gasteiger partial charge in [-0.3, -0.25) is 0 Å². The smallest absolute Gasteiger partial charge is 0.137 e. The van der Waals surface area contributed by atoms with Gasteiger partial charge in [-0.15, -0.1) is 0 Å². The largest absolute Gasteiger partial charge is 0.460 e. The molecule has 0 bridgehead atoms. The molecule has 55 heavy (non-hydrogen) atoms. The van der Waals surface area contributed by atoms with E-state index in [1.54, 1.807) is 0 Å². The Morgan fingerprint density at radius 3 is 2.05 bits per heavy atom. The number of hydrogen-bond acceptors (Lipinski definition) is 1. The van der Waals surface area contributed by atoms with E-state index in [-0.39, 0.29) is 0 Å². The molecule has 0 spiro atoms. The minimum Gasteiger partial charge on any atom is -0.460 e. The summed E-state index contributed by atoms with van der Waals surface area (Å²) in [5.74, 6) is 1.08. The van der Waals surface area contributed by atoms with Crippen molar-refractivity contribution < 1.29 is 4.42 Å². The number of benzene rings is 8. The summed E-state index contributed by atoms with van der Waals surface area (Å²) < 4.78 is 11.7. The Kier molecular flexibility index (Phi) is 5.74. The SMILES string of the molecule is C1=Cc2c(oc3ccc4c5c6c7ccccc7n(-c7cccc(-c8ccccc8)c7)c6ccc5n(-c5ccc6c7c(cccc57)-c5ccccc5-6)c4c23)CC1. The lowest BCUT2D eigenvalue weighted by molar-refractivity contribution is 0.546. The van der Waals surface area contributed by atoms with Crippen molar-refractivity contribution in [1.29, 1.82) is 0 Å². The van der Waals surface area contributed by atoms with Gasteiger partial charge >= 0.3 is 0 Å². The molecule has 3 heteroatoms. The van der Waals surface area contributed by atoms with Gasteiger partial charge in [0.05, 0.1) is 33.1 Å². The van der Waals surface area contributed by atoms with Crippen molar-refractivity contribution in [2.24, 2.45) is 0 Å². The number of hydrogen-bond donors (Lipinski definition) is 0. The predicted octanol–water partition coefficient (Wildman–Crippen LogP) is 14.1. The van der Waals surface area contributed by atoms with Crippen LogP contribution in [0.3, 0.4) is 0 Å². The minimum absolute atomic E-state index is 0.918. The highest BCUT2D eigenvalue weighted by atomic mass is 16.3. The van der Waals surface area contributed by atoms with Crippen LogP contribution in [-0.2, 0) is 6.42 Å². The maximum absolute atomic E-state index is 6.66. The van der Waals surface area contributed by atoms with Gasteiger partial charge in [-0.25, -0.2) is 0 Å². The van der Waals surface area contributed by atoms with Crippen molar-refractivity contribution in [2.45, 2.75) is 12.8 Å². The van der Waals surface area contributed by atoms with E-state index < -0.39 is 0 Å². The molecular formula is C52H32N2O. The topological polar surface area (TPSA) is 23.0 Å². The van der Waals surface area contributed by atoms with Crippen LogP contribution in [0.1, 0.15) is 17.7 Å². The lowest BCUT2D eigenvalue weighted by Gasteiger charge is -2.14. The Morgan fingerprint density at radius 2 is 1.16 bits per heavy atom. The van der Waals surface area contributed by atoms with Crippen LogP contribution in [0.15, 0.2) is 168 Å². The van der Waals surface area contributed by atoms with Crippen LogP contribution >= 0.6 is 0 Å². The fourth-order valence-electron chi connectivity index (χ4n) is 10.1. The molecule has 0 fully saturated rings. The maximum Gasteiger partial charge on any atom is 0.137 e.